The van der Waals surface area contributed by atoms with Gasteiger partial charge in [0, 0.05) is 5.69 Å². The highest BCUT2D eigenvalue weighted by atomic mass is 127. The van der Waals surface area contributed by atoms with E-state index >= 15 is 0 Å². The van der Waals surface area contributed by atoms with Crippen LogP contribution in [0.5, 0.6) is 5.75 Å². The molecule has 0 aliphatic rings. The average Bonchev–Trinajstić information content (AvgIpc) is 2.54. The summed E-state index contributed by atoms with van der Waals surface area (Å²) in [7, 11) is 0. The van der Waals surface area contributed by atoms with Gasteiger partial charge in [0.05, 0.1) is 6.54 Å². The fraction of sp³-hybridized carbons (Fsp3) is 0.235. The van der Waals surface area contributed by atoms with Crippen molar-refractivity contribution in [1.29, 1.82) is 0 Å². The van der Waals surface area contributed by atoms with Crippen LogP contribution in [0.2, 0.25) is 0 Å². The molecule has 0 aliphatic carbocycles. The first kappa shape index (κ1) is 20.1. The van der Waals surface area contributed by atoms with Gasteiger partial charge in [0.15, 0.2) is 5.96 Å². The Bertz CT molecular complexity index is 663. The maximum atomic E-state index is 12.1. The summed E-state index contributed by atoms with van der Waals surface area (Å²) in [5, 5.41) is 2.99. The summed E-state index contributed by atoms with van der Waals surface area (Å²) < 4.78 is 29.2. The number of ether oxygens (including phenoxy) is 1. The summed E-state index contributed by atoms with van der Waals surface area (Å²) in [5.41, 5.74) is 8.67. The third-order valence-corrected chi connectivity index (χ3v) is 3.03. The van der Waals surface area contributed by atoms with E-state index in [9.17, 15) is 8.78 Å². The molecule has 0 amide bonds. The van der Waals surface area contributed by atoms with Crippen molar-refractivity contribution in [3.63, 3.8) is 0 Å². The maximum Gasteiger partial charge on any atom is 0.272 e. The Labute approximate surface area is 157 Å². The molecule has 24 heavy (non-hydrogen) atoms. The van der Waals surface area contributed by atoms with E-state index < -0.39 is 13.0 Å². The van der Waals surface area contributed by atoms with Gasteiger partial charge in [-0.2, -0.15) is 0 Å². The average molecular weight is 447 g/mol. The van der Waals surface area contributed by atoms with E-state index in [1.165, 1.54) is 0 Å². The van der Waals surface area contributed by atoms with Crippen LogP contribution in [0, 0.1) is 6.92 Å². The van der Waals surface area contributed by atoms with Crippen LogP contribution >= 0.6 is 24.0 Å². The molecule has 4 nitrogen and oxygen atoms in total. The van der Waals surface area contributed by atoms with Gasteiger partial charge in [0.2, 0.25) is 0 Å². The van der Waals surface area contributed by atoms with Crippen molar-refractivity contribution in [3.8, 4) is 5.75 Å². The van der Waals surface area contributed by atoms with E-state index in [2.05, 4.69) is 10.3 Å². The van der Waals surface area contributed by atoms with Crippen molar-refractivity contribution in [2.45, 2.75) is 19.9 Å². The van der Waals surface area contributed by atoms with Gasteiger partial charge in [-0.1, -0.05) is 29.8 Å². The molecule has 0 saturated heterocycles. The molecule has 0 heterocycles. The lowest BCUT2D eigenvalue weighted by molar-refractivity contribution is 0.0818. The van der Waals surface area contributed by atoms with Crippen molar-refractivity contribution >= 4 is 35.6 Å². The van der Waals surface area contributed by atoms with Crippen LogP contribution in [0.1, 0.15) is 11.1 Å². The SMILES string of the molecule is Cc1ccc(NC(N)=NCc2cccc(OCC(F)F)c2)cc1.I. The summed E-state index contributed by atoms with van der Waals surface area (Å²) in [6.07, 6.45) is -2.49. The highest BCUT2D eigenvalue weighted by Crippen LogP contribution is 2.15. The van der Waals surface area contributed by atoms with Crippen molar-refractivity contribution in [1.82, 2.24) is 0 Å². The number of benzene rings is 2. The molecule has 0 saturated carbocycles. The summed E-state index contributed by atoms with van der Waals surface area (Å²) in [4.78, 5) is 4.23. The van der Waals surface area contributed by atoms with Crippen molar-refractivity contribution < 1.29 is 13.5 Å². The van der Waals surface area contributed by atoms with Gasteiger partial charge in [-0.15, -0.1) is 24.0 Å². The van der Waals surface area contributed by atoms with E-state index in [-0.39, 0.29) is 29.9 Å². The number of alkyl halides is 2. The van der Waals surface area contributed by atoms with Crippen molar-refractivity contribution in [3.05, 3.63) is 59.7 Å². The number of aliphatic imine (C=N–C) groups is 1. The topological polar surface area (TPSA) is 59.6 Å². The number of hydrogen-bond donors (Lipinski definition) is 2. The lowest BCUT2D eigenvalue weighted by Crippen LogP contribution is -2.22. The molecular weight excluding hydrogens is 427 g/mol. The van der Waals surface area contributed by atoms with E-state index in [1.54, 1.807) is 18.2 Å². The molecule has 7 heteroatoms. The molecule has 0 aromatic heterocycles. The van der Waals surface area contributed by atoms with Gasteiger partial charge < -0.3 is 15.8 Å². The van der Waals surface area contributed by atoms with Crippen LogP contribution in [0.4, 0.5) is 14.5 Å². The number of nitrogens with two attached hydrogens (primary N) is 1. The number of anilines is 1. The van der Waals surface area contributed by atoms with E-state index in [0.29, 0.717) is 12.3 Å². The van der Waals surface area contributed by atoms with Crippen LogP contribution in [0.15, 0.2) is 53.5 Å². The number of nitrogens with one attached hydrogen (secondary N) is 1. The standard InChI is InChI=1S/C17H19F2N3O.HI/c1-12-5-7-14(8-6-12)22-17(20)21-10-13-3-2-4-15(9-13)23-11-16(18)19;/h2-9,16H,10-11H2,1H3,(H3,20,21,22);1H. The number of aryl methyl sites for hydroxylation is 1. The van der Waals surface area contributed by atoms with Gasteiger partial charge in [-0.05, 0) is 36.8 Å². The Morgan fingerprint density at radius 1 is 1.21 bits per heavy atom. The highest BCUT2D eigenvalue weighted by molar-refractivity contribution is 14.0. The van der Waals surface area contributed by atoms with Gasteiger partial charge in [0.1, 0.15) is 12.4 Å². The third-order valence-electron chi connectivity index (χ3n) is 3.03. The van der Waals surface area contributed by atoms with Crippen molar-refractivity contribution in [2.24, 2.45) is 10.7 Å². The molecule has 0 aliphatic heterocycles. The fourth-order valence-corrected chi connectivity index (χ4v) is 1.89. The second-order valence-corrected chi connectivity index (χ2v) is 5.04. The first-order valence-corrected chi connectivity index (χ1v) is 7.16. The monoisotopic (exact) mass is 447 g/mol. The molecule has 0 bridgehead atoms. The van der Waals surface area contributed by atoms with Gasteiger partial charge in [-0.3, -0.25) is 0 Å². The Balaban J connectivity index is 0.00000288. The zero-order valence-electron chi connectivity index (χ0n) is 13.2. The lowest BCUT2D eigenvalue weighted by atomic mass is 10.2. The van der Waals surface area contributed by atoms with Crippen molar-refractivity contribution in [2.75, 3.05) is 11.9 Å². The first-order valence-electron chi connectivity index (χ1n) is 7.16. The summed E-state index contributed by atoms with van der Waals surface area (Å²) in [6.45, 7) is 1.71. The number of halogens is 3. The number of guanidine groups is 1. The Hall–Kier alpha value is -1.90. The smallest absolute Gasteiger partial charge is 0.272 e. The molecule has 3 N–H and O–H groups in total. The first-order chi connectivity index (χ1) is 11.0. The zero-order valence-corrected chi connectivity index (χ0v) is 15.5. The van der Waals surface area contributed by atoms with Crippen LogP contribution in [0.25, 0.3) is 0 Å². The molecule has 0 radical (unpaired) electrons. The Morgan fingerprint density at radius 2 is 1.92 bits per heavy atom. The van der Waals surface area contributed by atoms with Gasteiger partial charge in [-0.25, -0.2) is 13.8 Å². The van der Waals surface area contributed by atoms with Crippen LogP contribution < -0.4 is 15.8 Å². The molecule has 2 aromatic carbocycles. The zero-order chi connectivity index (χ0) is 16.7. The largest absolute Gasteiger partial charge is 0.488 e. The second-order valence-electron chi connectivity index (χ2n) is 5.04. The number of hydrogen-bond acceptors (Lipinski definition) is 2. The number of nitrogens with zero attached hydrogens (tertiary/aromatic N) is 1. The molecule has 0 spiro atoms. The van der Waals surface area contributed by atoms with E-state index in [4.69, 9.17) is 10.5 Å². The molecule has 0 fully saturated rings. The molecule has 0 unspecified atom stereocenters. The van der Waals surface area contributed by atoms with Crippen LogP contribution in [-0.2, 0) is 6.54 Å². The lowest BCUT2D eigenvalue weighted by Gasteiger charge is -2.08. The molecule has 0 atom stereocenters. The second kappa shape index (κ2) is 10.1. The quantitative estimate of drug-likeness (QED) is 0.397. The normalized spacial score (nSPS) is 11.1. The maximum absolute atomic E-state index is 12.1. The summed E-state index contributed by atoms with van der Waals surface area (Å²) >= 11 is 0. The van der Waals surface area contributed by atoms with E-state index in [1.807, 2.05) is 37.3 Å². The predicted molar refractivity (Wildman–Crippen MR) is 103 cm³/mol. The Kier molecular flexibility index (Phi) is 8.45. The third kappa shape index (κ3) is 7.12. The predicted octanol–water partition coefficient (Wildman–Crippen LogP) is 4.18. The fourth-order valence-electron chi connectivity index (χ4n) is 1.89. The number of rotatable bonds is 6. The van der Waals surface area contributed by atoms with Gasteiger partial charge >= 0.3 is 0 Å². The minimum Gasteiger partial charge on any atom is -0.488 e. The van der Waals surface area contributed by atoms with Gasteiger partial charge in [0.25, 0.3) is 6.43 Å². The summed E-state index contributed by atoms with van der Waals surface area (Å²) in [5.74, 6) is 0.677. The van der Waals surface area contributed by atoms with Crippen LogP contribution in [-0.4, -0.2) is 19.0 Å². The van der Waals surface area contributed by atoms with Crippen LogP contribution in [0.3, 0.4) is 0 Å². The minimum absolute atomic E-state index is 0. The highest BCUT2D eigenvalue weighted by Gasteiger charge is 2.04. The Morgan fingerprint density at radius 3 is 2.58 bits per heavy atom. The molecule has 2 rings (SSSR count). The summed E-state index contributed by atoms with van der Waals surface area (Å²) in [6, 6.07) is 14.6. The van der Waals surface area contributed by atoms with E-state index in [0.717, 1.165) is 16.8 Å². The molecule has 2 aromatic rings. The minimum atomic E-state index is -2.49. The molecule has 130 valence electrons. The molecular formula is C17H20F2IN3O.